The fourth-order valence-corrected chi connectivity index (χ4v) is 4.01. The molecule has 0 aromatic heterocycles. The topological polar surface area (TPSA) is 102 Å². The lowest BCUT2D eigenvalue weighted by Crippen LogP contribution is -2.42. The van der Waals surface area contributed by atoms with Crippen molar-refractivity contribution in [1.29, 1.82) is 0 Å². The summed E-state index contributed by atoms with van der Waals surface area (Å²) in [6.45, 7) is 0.846. The lowest BCUT2D eigenvalue weighted by molar-refractivity contribution is -0.141. The van der Waals surface area contributed by atoms with Crippen LogP contribution in [0.3, 0.4) is 0 Å². The Labute approximate surface area is 174 Å². The van der Waals surface area contributed by atoms with Crippen LogP contribution in [0.25, 0.3) is 0 Å². The van der Waals surface area contributed by atoms with Gasteiger partial charge in [0.2, 0.25) is 5.91 Å². The Morgan fingerprint density at radius 2 is 1.76 bits per heavy atom. The van der Waals surface area contributed by atoms with E-state index in [4.69, 9.17) is 16.3 Å². The van der Waals surface area contributed by atoms with Crippen molar-refractivity contribution >= 4 is 39.2 Å². The minimum Gasteiger partial charge on any atom is -0.495 e. The first-order valence-corrected chi connectivity index (χ1v) is 10.3. The summed E-state index contributed by atoms with van der Waals surface area (Å²) in [5.74, 6) is -1.15. The molecular formula is C19H21ClN2O6S. The average Bonchev–Trinajstić information content (AvgIpc) is 2.70. The summed E-state index contributed by atoms with van der Waals surface area (Å²) in [7, 11) is -1.59. The highest BCUT2D eigenvalue weighted by atomic mass is 35.5. The number of anilines is 1. The maximum Gasteiger partial charge on any atom is 0.325 e. The van der Waals surface area contributed by atoms with E-state index in [-0.39, 0.29) is 27.9 Å². The van der Waals surface area contributed by atoms with E-state index in [1.54, 1.807) is 12.1 Å². The molecule has 0 aliphatic carbocycles. The van der Waals surface area contributed by atoms with Gasteiger partial charge in [0.1, 0.15) is 18.8 Å². The van der Waals surface area contributed by atoms with E-state index >= 15 is 0 Å². The fraction of sp³-hybridized carbons (Fsp3) is 0.263. The summed E-state index contributed by atoms with van der Waals surface area (Å²) < 4.78 is 37.2. The van der Waals surface area contributed by atoms with E-state index in [1.165, 1.54) is 44.6 Å². The van der Waals surface area contributed by atoms with Gasteiger partial charge in [-0.3, -0.25) is 13.9 Å². The van der Waals surface area contributed by atoms with E-state index in [9.17, 15) is 18.0 Å². The molecule has 0 fully saturated rings. The molecule has 0 bridgehead atoms. The molecule has 10 heteroatoms. The fourth-order valence-electron chi connectivity index (χ4n) is 2.42. The van der Waals surface area contributed by atoms with Crippen LogP contribution in [-0.4, -0.2) is 47.6 Å². The number of ether oxygens (including phenoxy) is 2. The standard InChI is InChI=1S/C19H21ClN2O6S/c1-13-4-7-15(8-5-13)29(25,26)22(12-18(23)21-11-19(24)28-3)16-10-14(20)6-9-17(16)27-2/h4-10H,11-12H2,1-3H3,(H,21,23). The summed E-state index contributed by atoms with van der Waals surface area (Å²) in [5, 5.41) is 2.59. The Balaban J connectivity index is 2.48. The number of esters is 1. The molecule has 0 radical (unpaired) electrons. The number of benzene rings is 2. The monoisotopic (exact) mass is 440 g/mol. The number of nitrogens with one attached hydrogen (secondary N) is 1. The number of hydrogen-bond donors (Lipinski definition) is 1. The summed E-state index contributed by atoms with van der Waals surface area (Å²) >= 11 is 6.05. The summed E-state index contributed by atoms with van der Waals surface area (Å²) in [6, 6.07) is 10.6. The Kier molecular flexibility index (Phi) is 7.46. The predicted octanol–water partition coefficient (Wildman–Crippen LogP) is 2.14. The van der Waals surface area contributed by atoms with Crippen molar-refractivity contribution < 1.29 is 27.5 Å². The molecule has 2 rings (SSSR count). The number of carbonyl (C=O) groups is 2. The lowest BCUT2D eigenvalue weighted by atomic mass is 10.2. The highest BCUT2D eigenvalue weighted by Crippen LogP contribution is 2.34. The molecule has 0 saturated heterocycles. The molecule has 1 N–H and O–H groups in total. The predicted molar refractivity (Wildman–Crippen MR) is 109 cm³/mol. The largest absolute Gasteiger partial charge is 0.495 e. The Morgan fingerprint density at radius 3 is 2.34 bits per heavy atom. The van der Waals surface area contributed by atoms with Crippen molar-refractivity contribution in [3.8, 4) is 5.75 Å². The van der Waals surface area contributed by atoms with Crippen LogP contribution < -0.4 is 14.4 Å². The van der Waals surface area contributed by atoms with Crippen molar-refractivity contribution in [1.82, 2.24) is 5.32 Å². The van der Waals surface area contributed by atoms with Crippen LogP contribution in [0.1, 0.15) is 5.56 Å². The van der Waals surface area contributed by atoms with E-state index in [0.29, 0.717) is 0 Å². The minimum absolute atomic E-state index is 0.00843. The van der Waals surface area contributed by atoms with Crippen molar-refractivity contribution in [3.63, 3.8) is 0 Å². The smallest absolute Gasteiger partial charge is 0.325 e. The average molecular weight is 441 g/mol. The molecule has 0 aliphatic heterocycles. The molecule has 2 aromatic rings. The van der Waals surface area contributed by atoms with Gasteiger partial charge in [-0.2, -0.15) is 0 Å². The maximum atomic E-state index is 13.3. The van der Waals surface area contributed by atoms with Gasteiger partial charge in [-0.1, -0.05) is 29.3 Å². The zero-order valence-corrected chi connectivity index (χ0v) is 17.7. The second-order valence-electron chi connectivity index (χ2n) is 5.99. The molecule has 29 heavy (non-hydrogen) atoms. The van der Waals surface area contributed by atoms with Crippen molar-refractivity contribution in [2.24, 2.45) is 0 Å². The molecule has 1 amide bonds. The van der Waals surface area contributed by atoms with Gasteiger partial charge < -0.3 is 14.8 Å². The van der Waals surface area contributed by atoms with Gasteiger partial charge in [-0.05, 0) is 37.3 Å². The van der Waals surface area contributed by atoms with Crippen molar-refractivity contribution in [2.45, 2.75) is 11.8 Å². The van der Waals surface area contributed by atoms with Crippen LogP contribution in [-0.2, 0) is 24.3 Å². The molecule has 0 unspecified atom stereocenters. The van der Waals surface area contributed by atoms with Gasteiger partial charge in [-0.15, -0.1) is 0 Å². The number of aryl methyl sites for hydroxylation is 1. The minimum atomic E-state index is -4.14. The van der Waals surface area contributed by atoms with E-state index < -0.39 is 28.4 Å². The van der Waals surface area contributed by atoms with Crippen LogP contribution in [0.2, 0.25) is 5.02 Å². The van der Waals surface area contributed by atoms with Crippen molar-refractivity contribution in [3.05, 3.63) is 53.1 Å². The first kappa shape index (κ1) is 22.5. The highest BCUT2D eigenvalue weighted by molar-refractivity contribution is 7.92. The summed E-state index contributed by atoms with van der Waals surface area (Å²) in [4.78, 5) is 23.6. The molecule has 0 aliphatic rings. The number of rotatable bonds is 8. The van der Waals surface area contributed by atoms with Crippen LogP contribution in [0.4, 0.5) is 5.69 Å². The number of methoxy groups -OCH3 is 2. The van der Waals surface area contributed by atoms with Crippen LogP contribution in [0, 0.1) is 6.92 Å². The van der Waals surface area contributed by atoms with Crippen LogP contribution in [0.5, 0.6) is 5.75 Å². The normalized spacial score (nSPS) is 10.9. The number of sulfonamides is 1. The van der Waals surface area contributed by atoms with Crippen LogP contribution >= 0.6 is 11.6 Å². The van der Waals surface area contributed by atoms with E-state index in [2.05, 4.69) is 10.1 Å². The molecule has 0 spiro atoms. The van der Waals surface area contributed by atoms with Crippen LogP contribution in [0.15, 0.2) is 47.4 Å². The third-order valence-electron chi connectivity index (χ3n) is 3.96. The molecule has 0 atom stereocenters. The number of carbonyl (C=O) groups excluding carboxylic acids is 2. The van der Waals surface area contributed by atoms with Gasteiger partial charge in [0, 0.05) is 5.02 Å². The van der Waals surface area contributed by atoms with Gasteiger partial charge in [-0.25, -0.2) is 8.42 Å². The maximum absolute atomic E-state index is 13.3. The zero-order valence-electron chi connectivity index (χ0n) is 16.1. The zero-order chi connectivity index (χ0) is 21.6. The molecular weight excluding hydrogens is 420 g/mol. The third kappa shape index (κ3) is 5.61. The van der Waals surface area contributed by atoms with Crippen molar-refractivity contribution in [2.75, 3.05) is 31.6 Å². The Hall–Kier alpha value is -2.78. The molecule has 0 saturated carbocycles. The lowest BCUT2D eigenvalue weighted by Gasteiger charge is -2.25. The van der Waals surface area contributed by atoms with E-state index in [1.807, 2.05) is 6.92 Å². The number of amides is 1. The highest BCUT2D eigenvalue weighted by Gasteiger charge is 2.29. The van der Waals surface area contributed by atoms with E-state index in [0.717, 1.165) is 9.87 Å². The molecule has 2 aromatic carbocycles. The third-order valence-corrected chi connectivity index (χ3v) is 5.97. The Bertz CT molecular complexity index is 992. The quantitative estimate of drug-likeness (QED) is 0.631. The molecule has 156 valence electrons. The molecule has 8 nitrogen and oxygen atoms in total. The summed E-state index contributed by atoms with van der Waals surface area (Å²) in [6.07, 6.45) is 0. The number of hydrogen-bond acceptors (Lipinski definition) is 6. The van der Waals surface area contributed by atoms with Gasteiger partial charge in [0.15, 0.2) is 0 Å². The van der Waals surface area contributed by atoms with Gasteiger partial charge >= 0.3 is 5.97 Å². The Morgan fingerprint density at radius 1 is 1.10 bits per heavy atom. The van der Waals surface area contributed by atoms with Gasteiger partial charge in [0.25, 0.3) is 10.0 Å². The first-order valence-electron chi connectivity index (χ1n) is 8.45. The van der Waals surface area contributed by atoms with Gasteiger partial charge in [0.05, 0.1) is 24.8 Å². The first-order chi connectivity index (χ1) is 13.7. The number of halogens is 1. The second kappa shape index (κ2) is 9.62. The molecule has 0 heterocycles. The SMILES string of the molecule is COC(=O)CNC(=O)CN(c1cc(Cl)ccc1OC)S(=O)(=O)c1ccc(C)cc1. The summed E-state index contributed by atoms with van der Waals surface area (Å²) in [5.41, 5.74) is 0.973. The second-order valence-corrected chi connectivity index (χ2v) is 8.29. The number of nitrogens with zero attached hydrogens (tertiary/aromatic N) is 1.